The molecule has 0 bridgehead atoms. The van der Waals surface area contributed by atoms with Crippen LogP contribution in [0.1, 0.15) is 31.5 Å². The summed E-state index contributed by atoms with van der Waals surface area (Å²) in [6.45, 7) is 2.42. The molecule has 0 radical (unpaired) electrons. The second kappa shape index (κ2) is 7.87. The van der Waals surface area contributed by atoms with Crippen molar-refractivity contribution in [3.05, 3.63) is 30.1 Å². The summed E-state index contributed by atoms with van der Waals surface area (Å²) in [6, 6.07) is 8.20. The van der Waals surface area contributed by atoms with Crippen molar-refractivity contribution in [3.63, 3.8) is 0 Å². The fourth-order valence-electron chi connectivity index (χ4n) is 3.52. The molecule has 6 nitrogen and oxygen atoms in total. The predicted octanol–water partition coefficient (Wildman–Crippen LogP) is 2.45. The van der Waals surface area contributed by atoms with E-state index in [9.17, 15) is 0 Å². The van der Waals surface area contributed by atoms with Gasteiger partial charge in [-0.1, -0.05) is 18.6 Å². The van der Waals surface area contributed by atoms with Crippen LogP contribution in [0.5, 0.6) is 0 Å². The summed E-state index contributed by atoms with van der Waals surface area (Å²) in [5.41, 5.74) is 2.54. The number of nitrogens with one attached hydrogen (secondary N) is 2. The van der Waals surface area contributed by atoms with Gasteiger partial charge in [0.05, 0.1) is 17.6 Å². The zero-order valence-electron chi connectivity index (χ0n) is 15.5. The lowest BCUT2D eigenvalue weighted by Crippen LogP contribution is -2.46. The molecular weight excluding hydrogens is 314 g/mol. The fraction of sp³-hybridized carbons (Fsp3) is 0.579. The Balaban J connectivity index is 1.56. The van der Waals surface area contributed by atoms with Gasteiger partial charge in [-0.25, -0.2) is 4.98 Å². The van der Waals surface area contributed by atoms with Crippen LogP contribution >= 0.6 is 0 Å². The maximum absolute atomic E-state index is 5.27. The van der Waals surface area contributed by atoms with Gasteiger partial charge in [0.25, 0.3) is 0 Å². The second-order valence-corrected chi connectivity index (χ2v) is 6.95. The number of aliphatic imine (C=N–C) groups is 1. The molecule has 136 valence electrons. The number of imidazole rings is 1. The number of guanidine groups is 1. The topological polar surface area (TPSA) is 63.5 Å². The predicted molar refractivity (Wildman–Crippen MR) is 102 cm³/mol. The number of rotatable bonds is 7. The third kappa shape index (κ3) is 3.95. The van der Waals surface area contributed by atoms with Crippen LogP contribution in [0, 0.1) is 5.41 Å². The minimum Gasteiger partial charge on any atom is -0.385 e. The van der Waals surface area contributed by atoms with Crippen molar-refractivity contribution in [2.24, 2.45) is 17.5 Å². The zero-order chi connectivity index (χ0) is 17.7. The van der Waals surface area contributed by atoms with Gasteiger partial charge in [-0.15, -0.1) is 0 Å². The van der Waals surface area contributed by atoms with Gasteiger partial charge in [-0.2, -0.15) is 0 Å². The van der Waals surface area contributed by atoms with E-state index >= 15 is 0 Å². The van der Waals surface area contributed by atoms with E-state index in [0.717, 1.165) is 42.4 Å². The standard InChI is InChI=1S/C19H29N5O/c1-20-18(22-14-19(9-6-10-19)11-12-25-3)21-13-17-23-15-7-4-5-8-16(15)24(17)2/h4-5,7-8H,6,9-14H2,1-3H3,(H2,20,21,22). The molecule has 0 unspecified atom stereocenters. The Kier molecular flexibility index (Phi) is 5.58. The molecule has 1 aromatic carbocycles. The van der Waals surface area contributed by atoms with E-state index in [-0.39, 0.29) is 0 Å². The molecule has 1 fully saturated rings. The largest absolute Gasteiger partial charge is 0.385 e. The van der Waals surface area contributed by atoms with Crippen molar-refractivity contribution in [2.45, 2.75) is 32.2 Å². The number of benzene rings is 1. The maximum atomic E-state index is 5.27. The van der Waals surface area contributed by atoms with Crippen molar-refractivity contribution in [1.82, 2.24) is 20.2 Å². The average Bonchev–Trinajstić information content (AvgIpc) is 2.92. The van der Waals surface area contributed by atoms with Crippen LogP contribution in [-0.4, -0.2) is 42.8 Å². The number of methoxy groups -OCH3 is 1. The van der Waals surface area contributed by atoms with Gasteiger partial charge in [0, 0.05) is 34.4 Å². The summed E-state index contributed by atoms with van der Waals surface area (Å²) in [5.74, 6) is 1.83. The Morgan fingerprint density at radius 3 is 2.76 bits per heavy atom. The molecule has 1 aromatic heterocycles. The quantitative estimate of drug-likeness (QED) is 0.599. The lowest BCUT2D eigenvalue weighted by molar-refractivity contribution is 0.0732. The Morgan fingerprint density at radius 2 is 2.12 bits per heavy atom. The molecule has 3 rings (SSSR count). The number of nitrogens with zero attached hydrogens (tertiary/aromatic N) is 3. The number of para-hydroxylation sites is 2. The number of hydrogen-bond acceptors (Lipinski definition) is 3. The normalized spacial score (nSPS) is 16.7. The summed E-state index contributed by atoms with van der Waals surface area (Å²) in [7, 11) is 5.64. The third-order valence-corrected chi connectivity index (χ3v) is 5.40. The van der Waals surface area contributed by atoms with Crippen LogP contribution in [0.2, 0.25) is 0 Å². The van der Waals surface area contributed by atoms with E-state index in [1.54, 1.807) is 7.11 Å². The van der Waals surface area contributed by atoms with Gasteiger partial charge in [0.2, 0.25) is 0 Å². The van der Waals surface area contributed by atoms with Crippen molar-refractivity contribution in [1.29, 1.82) is 0 Å². The number of aryl methyl sites for hydroxylation is 1. The molecule has 1 aliphatic rings. The molecular formula is C19H29N5O. The summed E-state index contributed by atoms with van der Waals surface area (Å²) < 4.78 is 7.40. The number of ether oxygens (including phenoxy) is 1. The van der Waals surface area contributed by atoms with Gasteiger partial charge in [0.15, 0.2) is 5.96 Å². The highest BCUT2D eigenvalue weighted by molar-refractivity contribution is 5.80. The van der Waals surface area contributed by atoms with Crippen LogP contribution < -0.4 is 10.6 Å². The van der Waals surface area contributed by atoms with Crippen molar-refractivity contribution >= 4 is 17.0 Å². The average molecular weight is 343 g/mol. The Hall–Kier alpha value is -2.08. The minimum absolute atomic E-state index is 0.367. The van der Waals surface area contributed by atoms with Crippen LogP contribution in [0.4, 0.5) is 0 Å². The lowest BCUT2D eigenvalue weighted by Gasteiger charge is -2.42. The van der Waals surface area contributed by atoms with E-state index in [2.05, 4.69) is 33.3 Å². The smallest absolute Gasteiger partial charge is 0.191 e. The first-order valence-electron chi connectivity index (χ1n) is 9.01. The summed E-state index contributed by atoms with van der Waals surface area (Å²) in [6.07, 6.45) is 4.96. The third-order valence-electron chi connectivity index (χ3n) is 5.40. The number of aromatic nitrogens is 2. The Morgan fingerprint density at radius 1 is 1.32 bits per heavy atom. The Labute approximate surface area is 149 Å². The summed E-state index contributed by atoms with van der Waals surface area (Å²) >= 11 is 0. The molecule has 2 N–H and O–H groups in total. The van der Waals surface area contributed by atoms with Gasteiger partial charge in [0.1, 0.15) is 5.82 Å². The first kappa shape index (κ1) is 17.7. The minimum atomic E-state index is 0.367. The molecule has 25 heavy (non-hydrogen) atoms. The highest BCUT2D eigenvalue weighted by Gasteiger charge is 2.36. The van der Waals surface area contributed by atoms with E-state index in [1.807, 2.05) is 25.2 Å². The first-order chi connectivity index (χ1) is 12.2. The van der Waals surface area contributed by atoms with E-state index < -0.39 is 0 Å². The molecule has 0 amide bonds. The number of fused-ring (bicyclic) bond motifs is 1. The van der Waals surface area contributed by atoms with E-state index in [1.165, 1.54) is 19.3 Å². The number of hydrogen-bond donors (Lipinski definition) is 2. The van der Waals surface area contributed by atoms with Crippen molar-refractivity contribution in [2.75, 3.05) is 27.3 Å². The monoisotopic (exact) mass is 343 g/mol. The molecule has 0 spiro atoms. The molecule has 1 aliphatic carbocycles. The second-order valence-electron chi connectivity index (χ2n) is 6.95. The van der Waals surface area contributed by atoms with Gasteiger partial charge >= 0.3 is 0 Å². The van der Waals surface area contributed by atoms with Crippen LogP contribution in [0.15, 0.2) is 29.3 Å². The summed E-state index contributed by atoms with van der Waals surface area (Å²) in [5, 5.41) is 6.88. The first-order valence-corrected chi connectivity index (χ1v) is 9.01. The van der Waals surface area contributed by atoms with E-state index in [0.29, 0.717) is 12.0 Å². The molecule has 2 aromatic rings. The Bertz CT molecular complexity index is 732. The highest BCUT2D eigenvalue weighted by atomic mass is 16.5. The molecule has 0 saturated heterocycles. The van der Waals surface area contributed by atoms with E-state index in [4.69, 9.17) is 9.72 Å². The van der Waals surface area contributed by atoms with Crippen LogP contribution in [0.3, 0.4) is 0 Å². The molecule has 1 saturated carbocycles. The maximum Gasteiger partial charge on any atom is 0.191 e. The van der Waals surface area contributed by atoms with Crippen molar-refractivity contribution < 1.29 is 4.74 Å². The summed E-state index contributed by atoms with van der Waals surface area (Å²) in [4.78, 5) is 9.05. The molecule has 1 heterocycles. The van der Waals surface area contributed by atoms with Gasteiger partial charge in [-0.05, 0) is 36.8 Å². The lowest BCUT2D eigenvalue weighted by atomic mass is 9.67. The van der Waals surface area contributed by atoms with Crippen molar-refractivity contribution in [3.8, 4) is 0 Å². The molecule has 0 aliphatic heterocycles. The van der Waals surface area contributed by atoms with Gasteiger partial charge < -0.3 is 19.9 Å². The zero-order valence-corrected chi connectivity index (χ0v) is 15.5. The molecule has 6 heteroatoms. The SMILES string of the molecule is CN=C(NCc1nc2ccccc2n1C)NCC1(CCOC)CCC1. The fourth-order valence-corrected chi connectivity index (χ4v) is 3.52. The highest BCUT2D eigenvalue weighted by Crippen LogP contribution is 2.43. The van der Waals surface area contributed by atoms with Gasteiger partial charge in [-0.3, -0.25) is 4.99 Å². The van der Waals surface area contributed by atoms with Crippen LogP contribution in [-0.2, 0) is 18.3 Å². The molecule has 0 atom stereocenters. The van der Waals surface area contributed by atoms with Crippen LogP contribution in [0.25, 0.3) is 11.0 Å².